The molecule has 4 nitrogen and oxygen atoms in total. The Morgan fingerprint density at radius 2 is 1.94 bits per heavy atom. The lowest BCUT2D eigenvalue weighted by Crippen LogP contribution is -2.16. The highest BCUT2D eigenvalue weighted by atomic mass is 35.5. The van der Waals surface area contributed by atoms with Gasteiger partial charge in [0, 0.05) is 16.3 Å². The molecule has 0 heterocycles. The van der Waals surface area contributed by atoms with Crippen LogP contribution in [-0.4, -0.2) is 18.5 Å². The van der Waals surface area contributed by atoms with E-state index in [1.807, 2.05) is 0 Å². The van der Waals surface area contributed by atoms with Crippen LogP contribution in [0.1, 0.15) is 13.3 Å². The zero-order valence-electron chi connectivity index (χ0n) is 10.0. The lowest BCUT2D eigenvalue weighted by atomic mass is 10.2. The zero-order valence-corrected chi connectivity index (χ0v) is 10.8. The van der Waals surface area contributed by atoms with Gasteiger partial charge in [-0.1, -0.05) is 18.2 Å². The number of benzene rings is 1. The van der Waals surface area contributed by atoms with Crippen molar-refractivity contribution < 1.29 is 14.3 Å². The Labute approximate surface area is 111 Å². The molecule has 0 aliphatic heterocycles. The molecule has 96 valence electrons. The molecule has 5 heteroatoms. The second-order valence-electron chi connectivity index (χ2n) is 3.56. The number of carbonyl (C=O) groups excluding carboxylic acids is 2. The quantitative estimate of drug-likeness (QED) is 0.659. The maximum atomic E-state index is 11.6. The number of rotatable bonds is 5. The number of anilines is 1. The van der Waals surface area contributed by atoms with Crippen LogP contribution in [0.15, 0.2) is 36.4 Å². The van der Waals surface area contributed by atoms with Crippen LogP contribution < -0.4 is 5.32 Å². The molecule has 0 radical (unpaired) electrons. The average Bonchev–Trinajstić information content (AvgIpc) is 2.32. The summed E-state index contributed by atoms with van der Waals surface area (Å²) in [6.45, 7) is 5.47. The van der Waals surface area contributed by atoms with Crippen molar-refractivity contribution in [3.05, 3.63) is 41.4 Å². The monoisotopic (exact) mass is 267 g/mol. The fourth-order valence-corrected chi connectivity index (χ4v) is 1.36. The lowest BCUT2D eigenvalue weighted by molar-refractivity contribution is -0.139. The van der Waals surface area contributed by atoms with Gasteiger partial charge in [-0.15, -0.1) is 0 Å². The summed E-state index contributed by atoms with van der Waals surface area (Å²) < 4.78 is 4.73. The number of nitrogens with one attached hydrogen (secondary N) is 1. The minimum Gasteiger partial charge on any atom is -0.463 e. The Morgan fingerprint density at radius 3 is 2.50 bits per heavy atom. The Balaban J connectivity index is 2.49. The molecule has 0 bridgehead atoms. The van der Waals surface area contributed by atoms with Gasteiger partial charge in [-0.2, -0.15) is 0 Å². The molecule has 0 atom stereocenters. The molecule has 0 saturated heterocycles. The van der Waals surface area contributed by atoms with Gasteiger partial charge in [0.05, 0.1) is 13.0 Å². The second kappa shape index (κ2) is 6.81. The Kier molecular flexibility index (Phi) is 5.39. The van der Waals surface area contributed by atoms with E-state index in [9.17, 15) is 9.59 Å². The van der Waals surface area contributed by atoms with Gasteiger partial charge < -0.3 is 10.1 Å². The van der Waals surface area contributed by atoms with Gasteiger partial charge in [-0.05, 0) is 31.2 Å². The van der Waals surface area contributed by atoms with Crippen molar-refractivity contribution >= 4 is 29.2 Å². The van der Waals surface area contributed by atoms with E-state index in [0.29, 0.717) is 10.7 Å². The molecule has 1 rings (SSSR count). The second-order valence-corrected chi connectivity index (χ2v) is 3.99. The van der Waals surface area contributed by atoms with Gasteiger partial charge in [0.25, 0.3) is 0 Å². The third-order valence-electron chi connectivity index (χ3n) is 2.07. The molecule has 0 saturated carbocycles. The number of carbonyl (C=O) groups is 2. The van der Waals surface area contributed by atoms with Crippen LogP contribution in [0, 0.1) is 0 Å². The summed E-state index contributed by atoms with van der Waals surface area (Å²) >= 11 is 5.72. The molecule has 1 aromatic carbocycles. The first-order valence-electron chi connectivity index (χ1n) is 5.43. The normalized spacial score (nSPS) is 9.67. The molecular formula is C13H14ClNO3. The SMILES string of the molecule is C=C(CC(=O)Nc1ccc(Cl)cc1)C(=O)OCC. The Hall–Kier alpha value is -1.81. The highest BCUT2D eigenvalue weighted by molar-refractivity contribution is 6.30. The predicted octanol–water partition coefficient (Wildman–Crippen LogP) is 2.79. The molecule has 0 fully saturated rings. The summed E-state index contributed by atoms with van der Waals surface area (Å²) in [5, 5.41) is 3.22. The largest absolute Gasteiger partial charge is 0.463 e. The minimum atomic E-state index is -0.552. The zero-order chi connectivity index (χ0) is 13.5. The van der Waals surface area contributed by atoms with Crippen LogP contribution in [-0.2, 0) is 14.3 Å². The average molecular weight is 268 g/mol. The van der Waals surface area contributed by atoms with E-state index in [1.54, 1.807) is 31.2 Å². The van der Waals surface area contributed by atoms with E-state index in [-0.39, 0.29) is 24.5 Å². The van der Waals surface area contributed by atoms with Gasteiger partial charge in [0.1, 0.15) is 0 Å². The highest BCUT2D eigenvalue weighted by Gasteiger charge is 2.12. The maximum absolute atomic E-state index is 11.6. The molecule has 18 heavy (non-hydrogen) atoms. The van der Waals surface area contributed by atoms with Gasteiger partial charge in [0.2, 0.25) is 5.91 Å². The molecule has 1 N–H and O–H groups in total. The summed E-state index contributed by atoms with van der Waals surface area (Å²) in [5.74, 6) is -0.876. The number of ether oxygens (including phenoxy) is 1. The van der Waals surface area contributed by atoms with E-state index in [2.05, 4.69) is 11.9 Å². The van der Waals surface area contributed by atoms with Gasteiger partial charge in [0.15, 0.2) is 0 Å². The number of halogens is 1. The Bertz CT molecular complexity index is 454. The van der Waals surface area contributed by atoms with Crippen molar-refractivity contribution in [3.8, 4) is 0 Å². The maximum Gasteiger partial charge on any atom is 0.333 e. The van der Waals surface area contributed by atoms with Crippen molar-refractivity contribution in [1.29, 1.82) is 0 Å². The predicted molar refractivity (Wildman–Crippen MR) is 70.5 cm³/mol. The first-order valence-corrected chi connectivity index (χ1v) is 5.81. The first kappa shape index (κ1) is 14.3. The fraction of sp³-hybridized carbons (Fsp3) is 0.231. The highest BCUT2D eigenvalue weighted by Crippen LogP contribution is 2.14. The number of hydrogen-bond donors (Lipinski definition) is 1. The number of hydrogen-bond acceptors (Lipinski definition) is 3. The van der Waals surface area contributed by atoms with Crippen molar-refractivity contribution in [1.82, 2.24) is 0 Å². The van der Waals surface area contributed by atoms with Crippen LogP contribution in [0.2, 0.25) is 5.02 Å². The summed E-state index contributed by atoms with van der Waals surface area (Å²) in [5.41, 5.74) is 0.740. The number of amides is 1. The molecule has 0 aromatic heterocycles. The van der Waals surface area contributed by atoms with Crippen LogP contribution in [0.5, 0.6) is 0 Å². The van der Waals surface area contributed by atoms with Crippen molar-refractivity contribution in [2.75, 3.05) is 11.9 Å². The van der Waals surface area contributed by atoms with Gasteiger partial charge in [-0.25, -0.2) is 4.79 Å². The molecule has 1 amide bonds. The minimum absolute atomic E-state index is 0.0958. The summed E-state index contributed by atoms with van der Waals surface area (Å²) in [4.78, 5) is 22.9. The Morgan fingerprint density at radius 1 is 1.33 bits per heavy atom. The fourth-order valence-electron chi connectivity index (χ4n) is 1.24. The molecule has 0 aliphatic carbocycles. The van der Waals surface area contributed by atoms with Gasteiger partial charge >= 0.3 is 5.97 Å². The van der Waals surface area contributed by atoms with E-state index in [0.717, 1.165) is 0 Å². The standard InChI is InChI=1S/C13H14ClNO3/c1-3-18-13(17)9(2)8-12(16)15-11-6-4-10(14)5-7-11/h4-7H,2-3,8H2,1H3,(H,15,16). The molecular weight excluding hydrogens is 254 g/mol. The number of esters is 1. The van der Waals surface area contributed by atoms with Gasteiger partial charge in [-0.3, -0.25) is 4.79 Å². The first-order chi connectivity index (χ1) is 8.52. The lowest BCUT2D eigenvalue weighted by Gasteiger charge is -2.07. The molecule has 0 unspecified atom stereocenters. The van der Waals surface area contributed by atoms with E-state index < -0.39 is 5.97 Å². The van der Waals surface area contributed by atoms with E-state index in [1.165, 1.54) is 0 Å². The van der Waals surface area contributed by atoms with Crippen LogP contribution in [0.4, 0.5) is 5.69 Å². The third-order valence-corrected chi connectivity index (χ3v) is 2.32. The van der Waals surface area contributed by atoms with E-state index >= 15 is 0 Å². The molecule has 1 aromatic rings. The van der Waals surface area contributed by atoms with Crippen molar-refractivity contribution in [2.24, 2.45) is 0 Å². The summed E-state index contributed by atoms with van der Waals surface area (Å²) in [6, 6.07) is 6.68. The van der Waals surface area contributed by atoms with Crippen LogP contribution in [0.3, 0.4) is 0 Å². The summed E-state index contributed by atoms with van der Waals surface area (Å²) in [7, 11) is 0. The topological polar surface area (TPSA) is 55.4 Å². The molecule has 0 spiro atoms. The van der Waals surface area contributed by atoms with E-state index in [4.69, 9.17) is 16.3 Å². The van der Waals surface area contributed by atoms with Crippen molar-refractivity contribution in [3.63, 3.8) is 0 Å². The summed E-state index contributed by atoms with van der Waals surface area (Å²) in [6.07, 6.45) is -0.0958. The van der Waals surface area contributed by atoms with Crippen molar-refractivity contribution in [2.45, 2.75) is 13.3 Å². The van der Waals surface area contributed by atoms with Crippen LogP contribution >= 0.6 is 11.6 Å². The van der Waals surface area contributed by atoms with Crippen LogP contribution in [0.25, 0.3) is 0 Å². The smallest absolute Gasteiger partial charge is 0.333 e. The molecule has 0 aliphatic rings. The third kappa shape index (κ3) is 4.59.